The second kappa shape index (κ2) is 11.5. The fraction of sp³-hybridized carbons (Fsp3) is 0.481. The third-order valence-electron chi connectivity index (χ3n) is 6.62. The SMILES string of the molecule is CC(=O)NC(Cc1cc(F)cc(F)c1)C(O)CNC1(c2cccc(C(C)(C)C)c2)CCC(NO)=NC1. The van der Waals surface area contributed by atoms with Crippen LogP contribution in [0.15, 0.2) is 47.5 Å². The van der Waals surface area contributed by atoms with E-state index in [0.29, 0.717) is 30.8 Å². The standard InChI is InChI=1S/C27H36F2N4O3/c1-17(34)32-23(12-18-10-21(28)14-22(29)11-18)24(35)15-31-27(9-8-25(33-36)30-16-27)20-7-5-6-19(13-20)26(2,3)4/h5-7,10-11,13-14,23-24,31,35-36H,8-9,12,15-16H2,1-4H3,(H,30,33)(H,32,34). The lowest BCUT2D eigenvalue weighted by molar-refractivity contribution is -0.120. The first-order chi connectivity index (χ1) is 16.9. The third-order valence-corrected chi connectivity index (χ3v) is 6.62. The average molecular weight is 503 g/mol. The number of nitrogens with zero attached hydrogens (tertiary/aromatic N) is 1. The van der Waals surface area contributed by atoms with E-state index in [2.05, 4.69) is 54.0 Å². The maximum Gasteiger partial charge on any atom is 0.217 e. The van der Waals surface area contributed by atoms with Crippen molar-refractivity contribution in [1.82, 2.24) is 16.1 Å². The van der Waals surface area contributed by atoms with Crippen LogP contribution >= 0.6 is 0 Å². The molecule has 1 aliphatic rings. The molecule has 3 rings (SSSR count). The summed E-state index contributed by atoms with van der Waals surface area (Å²) < 4.78 is 27.4. The molecule has 0 fully saturated rings. The number of aliphatic imine (C=N–C) groups is 1. The van der Waals surface area contributed by atoms with Gasteiger partial charge in [-0.1, -0.05) is 45.0 Å². The summed E-state index contributed by atoms with van der Waals surface area (Å²) >= 11 is 0. The fourth-order valence-electron chi connectivity index (χ4n) is 4.55. The van der Waals surface area contributed by atoms with Crippen molar-refractivity contribution in [3.05, 3.63) is 70.8 Å². The molecule has 3 atom stereocenters. The van der Waals surface area contributed by atoms with E-state index in [-0.39, 0.29) is 24.3 Å². The van der Waals surface area contributed by atoms with Crippen molar-refractivity contribution in [2.75, 3.05) is 13.1 Å². The number of amidine groups is 1. The van der Waals surface area contributed by atoms with E-state index in [4.69, 9.17) is 0 Å². The number of carbonyl (C=O) groups is 1. The highest BCUT2D eigenvalue weighted by Gasteiger charge is 2.36. The van der Waals surface area contributed by atoms with Gasteiger partial charge in [-0.15, -0.1) is 0 Å². The molecule has 1 amide bonds. The molecule has 5 N–H and O–H groups in total. The average Bonchev–Trinajstić information content (AvgIpc) is 2.81. The van der Waals surface area contributed by atoms with Gasteiger partial charge in [-0.25, -0.2) is 8.78 Å². The lowest BCUT2D eigenvalue weighted by Crippen LogP contribution is -2.55. The highest BCUT2D eigenvalue weighted by molar-refractivity contribution is 5.82. The Kier molecular flexibility index (Phi) is 8.81. The number of hydroxylamine groups is 1. The number of carbonyl (C=O) groups excluding carboxylic acids is 1. The van der Waals surface area contributed by atoms with Crippen LogP contribution < -0.4 is 16.1 Å². The zero-order valence-electron chi connectivity index (χ0n) is 21.2. The Labute approximate surface area is 211 Å². The molecule has 36 heavy (non-hydrogen) atoms. The lowest BCUT2D eigenvalue weighted by atomic mass is 9.79. The van der Waals surface area contributed by atoms with Crippen molar-refractivity contribution in [1.29, 1.82) is 0 Å². The summed E-state index contributed by atoms with van der Waals surface area (Å²) in [5.74, 6) is -1.30. The fourth-order valence-corrected chi connectivity index (χ4v) is 4.55. The van der Waals surface area contributed by atoms with Gasteiger partial charge in [0.15, 0.2) is 0 Å². The van der Waals surface area contributed by atoms with Crippen LogP contribution in [0.3, 0.4) is 0 Å². The molecule has 0 aliphatic carbocycles. The summed E-state index contributed by atoms with van der Waals surface area (Å²) in [4.78, 5) is 16.3. The van der Waals surface area contributed by atoms with Crippen molar-refractivity contribution < 1.29 is 23.9 Å². The number of rotatable bonds is 8. The van der Waals surface area contributed by atoms with Gasteiger partial charge < -0.3 is 15.7 Å². The monoisotopic (exact) mass is 502 g/mol. The van der Waals surface area contributed by atoms with E-state index < -0.39 is 29.3 Å². The molecule has 1 aliphatic heterocycles. The van der Waals surface area contributed by atoms with Crippen LogP contribution in [0.25, 0.3) is 0 Å². The van der Waals surface area contributed by atoms with Gasteiger partial charge in [-0.2, -0.15) is 0 Å². The molecule has 0 saturated heterocycles. The molecule has 3 unspecified atom stereocenters. The maximum absolute atomic E-state index is 13.7. The topological polar surface area (TPSA) is 106 Å². The van der Waals surface area contributed by atoms with Crippen molar-refractivity contribution in [3.8, 4) is 0 Å². The van der Waals surface area contributed by atoms with Crippen molar-refractivity contribution in [2.45, 2.75) is 70.1 Å². The van der Waals surface area contributed by atoms with Crippen LogP contribution in [0.5, 0.6) is 0 Å². The van der Waals surface area contributed by atoms with E-state index in [0.717, 1.165) is 17.2 Å². The zero-order valence-corrected chi connectivity index (χ0v) is 21.2. The second-order valence-corrected chi connectivity index (χ2v) is 10.5. The minimum Gasteiger partial charge on any atom is -0.390 e. The Morgan fingerprint density at radius 2 is 1.86 bits per heavy atom. The molecule has 2 aromatic carbocycles. The van der Waals surface area contributed by atoms with E-state index >= 15 is 0 Å². The minimum atomic E-state index is -1.05. The first-order valence-corrected chi connectivity index (χ1v) is 12.1. The number of hydrogen-bond donors (Lipinski definition) is 5. The zero-order chi connectivity index (χ0) is 26.5. The molecule has 9 heteroatoms. The largest absolute Gasteiger partial charge is 0.390 e. The van der Waals surface area contributed by atoms with Gasteiger partial charge in [0.25, 0.3) is 0 Å². The van der Waals surface area contributed by atoms with Gasteiger partial charge in [0.05, 0.1) is 24.2 Å². The number of amides is 1. The Morgan fingerprint density at radius 3 is 2.42 bits per heavy atom. The Hall–Kier alpha value is -2.88. The number of aliphatic hydroxyl groups is 1. The Morgan fingerprint density at radius 1 is 1.17 bits per heavy atom. The summed E-state index contributed by atoms with van der Waals surface area (Å²) in [5, 5.41) is 26.6. The quantitative estimate of drug-likeness (QED) is 0.356. The predicted molar refractivity (Wildman–Crippen MR) is 135 cm³/mol. The van der Waals surface area contributed by atoms with Crippen LogP contribution in [0.2, 0.25) is 0 Å². The Bertz CT molecular complexity index is 1080. The van der Waals surface area contributed by atoms with Gasteiger partial charge in [0, 0.05) is 26.0 Å². The molecule has 0 aromatic heterocycles. The molecule has 0 spiro atoms. The molecule has 196 valence electrons. The molecule has 2 aromatic rings. The summed E-state index contributed by atoms with van der Waals surface area (Å²) in [6.45, 7) is 8.16. The molecule has 0 radical (unpaired) electrons. The van der Waals surface area contributed by atoms with E-state index in [1.807, 2.05) is 12.1 Å². The number of hydrogen-bond acceptors (Lipinski definition) is 6. The number of benzene rings is 2. The second-order valence-electron chi connectivity index (χ2n) is 10.5. The molecule has 1 heterocycles. The van der Waals surface area contributed by atoms with Gasteiger partial charge >= 0.3 is 0 Å². The van der Waals surface area contributed by atoms with E-state index in [1.165, 1.54) is 19.1 Å². The van der Waals surface area contributed by atoms with Crippen molar-refractivity contribution >= 4 is 11.7 Å². The minimum absolute atomic E-state index is 0.0559. The summed E-state index contributed by atoms with van der Waals surface area (Å²) in [6, 6.07) is 10.6. The molecular weight excluding hydrogens is 466 g/mol. The van der Waals surface area contributed by atoms with Gasteiger partial charge in [-0.3, -0.25) is 20.5 Å². The summed E-state index contributed by atoms with van der Waals surface area (Å²) in [5.41, 5.74) is 3.94. The molecular formula is C27H36F2N4O3. The predicted octanol–water partition coefficient (Wildman–Crippen LogP) is 3.33. The Balaban J connectivity index is 1.85. The first-order valence-electron chi connectivity index (χ1n) is 12.1. The third kappa shape index (κ3) is 7.09. The molecule has 7 nitrogen and oxygen atoms in total. The smallest absolute Gasteiger partial charge is 0.217 e. The maximum atomic E-state index is 13.7. The van der Waals surface area contributed by atoms with Crippen LogP contribution in [0, 0.1) is 11.6 Å². The van der Waals surface area contributed by atoms with Gasteiger partial charge in [-0.05, 0) is 47.1 Å². The van der Waals surface area contributed by atoms with Gasteiger partial charge in [0.2, 0.25) is 5.91 Å². The van der Waals surface area contributed by atoms with Gasteiger partial charge in [0.1, 0.15) is 17.5 Å². The lowest BCUT2D eigenvalue weighted by Gasteiger charge is -2.39. The first kappa shape index (κ1) is 27.7. The summed E-state index contributed by atoms with van der Waals surface area (Å²) in [7, 11) is 0. The number of halogens is 2. The van der Waals surface area contributed by atoms with Crippen molar-refractivity contribution in [2.24, 2.45) is 4.99 Å². The molecule has 0 saturated carbocycles. The molecule has 0 bridgehead atoms. The highest BCUT2D eigenvalue weighted by Crippen LogP contribution is 2.33. The van der Waals surface area contributed by atoms with Crippen LogP contribution in [0.4, 0.5) is 8.78 Å². The number of nitrogens with one attached hydrogen (secondary N) is 3. The normalized spacial score (nSPS) is 19.8. The van der Waals surface area contributed by atoms with E-state index in [1.54, 1.807) is 0 Å². The van der Waals surface area contributed by atoms with Crippen LogP contribution in [-0.2, 0) is 22.2 Å². The van der Waals surface area contributed by atoms with Crippen LogP contribution in [0.1, 0.15) is 57.2 Å². The number of aliphatic hydroxyl groups excluding tert-OH is 1. The summed E-state index contributed by atoms with van der Waals surface area (Å²) in [6.07, 6.45) is 0.112. The van der Waals surface area contributed by atoms with Crippen LogP contribution in [-0.4, -0.2) is 47.3 Å². The van der Waals surface area contributed by atoms with E-state index in [9.17, 15) is 23.9 Å². The van der Waals surface area contributed by atoms with Crippen molar-refractivity contribution in [3.63, 3.8) is 0 Å². The highest BCUT2D eigenvalue weighted by atomic mass is 19.1.